The summed E-state index contributed by atoms with van der Waals surface area (Å²) >= 11 is 11.9. The van der Waals surface area contributed by atoms with Gasteiger partial charge in [0.15, 0.2) is 0 Å². The molecule has 2 rings (SSSR count). The van der Waals surface area contributed by atoms with Crippen LogP contribution in [0.4, 0.5) is 5.69 Å². The number of nitrogens with zero attached hydrogens (tertiary/aromatic N) is 1. The zero-order chi connectivity index (χ0) is 24.1. The van der Waals surface area contributed by atoms with Crippen LogP contribution in [0.5, 0.6) is 0 Å². The molecule has 0 aliphatic heterocycles. The number of carbonyl (C=O) groups is 1. The van der Waals surface area contributed by atoms with Crippen LogP contribution in [0.25, 0.3) is 0 Å². The van der Waals surface area contributed by atoms with Crippen molar-refractivity contribution in [2.75, 3.05) is 11.3 Å². The lowest BCUT2D eigenvalue weighted by Gasteiger charge is -2.18. The SMILES string of the molecule is Cc1cc(C(CCON=C(N)N)C(N)=O)c(NS(=O)(=O)Cc2ccc(Cl)cc2Cl)c(=O)[nH]1. The van der Waals surface area contributed by atoms with E-state index in [0.29, 0.717) is 10.7 Å². The summed E-state index contributed by atoms with van der Waals surface area (Å²) in [5.41, 5.74) is 15.5. The van der Waals surface area contributed by atoms with E-state index in [0.717, 1.165) is 0 Å². The van der Waals surface area contributed by atoms with Gasteiger partial charge >= 0.3 is 0 Å². The van der Waals surface area contributed by atoms with Gasteiger partial charge in [0.05, 0.1) is 11.7 Å². The number of aryl methyl sites for hydroxylation is 1. The Morgan fingerprint density at radius 3 is 2.53 bits per heavy atom. The van der Waals surface area contributed by atoms with Crippen LogP contribution in [-0.2, 0) is 25.4 Å². The molecular weight excluding hydrogens is 483 g/mol. The van der Waals surface area contributed by atoms with Crippen molar-refractivity contribution in [1.29, 1.82) is 0 Å². The molecule has 1 aromatic carbocycles. The topological polar surface area (TPSA) is 196 Å². The predicted octanol–water partition coefficient (Wildman–Crippen LogP) is 1.10. The fourth-order valence-electron chi connectivity index (χ4n) is 2.87. The van der Waals surface area contributed by atoms with Gasteiger partial charge in [-0.05, 0) is 47.8 Å². The molecule has 0 spiro atoms. The van der Waals surface area contributed by atoms with Crippen LogP contribution >= 0.6 is 23.2 Å². The van der Waals surface area contributed by atoms with Crippen molar-refractivity contribution in [2.45, 2.75) is 25.0 Å². The molecule has 1 unspecified atom stereocenters. The first kappa shape index (κ1) is 25.3. The number of guanidine groups is 1. The normalized spacial score (nSPS) is 12.1. The maximum absolute atomic E-state index is 12.8. The molecule has 0 radical (unpaired) electrons. The van der Waals surface area contributed by atoms with Gasteiger partial charge in [-0.25, -0.2) is 8.42 Å². The van der Waals surface area contributed by atoms with Crippen LogP contribution in [-0.4, -0.2) is 31.9 Å². The lowest BCUT2D eigenvalue weighted by Crippen LogP contribution is -2.29. The molecule has 0 aliphatic rings. The Balaban J connectivity index is 2.39. The number of rotatable bonds is 10. The molecule has 32 heavy (non-hydrogen) atoms. The number of anilines is 1. The molecule has 174 valence electrons. The highest BCUT2D eigenvalue weighted by atomic mass is 35.5. The van der Waals surface area contributed by atoms with Gasteiger partial charge in [-0.3, -0.25) is 14.3 Å². The van der Waals surface area contributed by atoms with Crippen molar-refractivity contribution in [3.05, 3.63) is 61.5 Å². The average molecular weight is 505 g/mol. The zero-order valence-electron chi connectivity index (χ0n) is 16.9. The molecule has 11 nitrogen and oxygen atoms in total. The lowest BCUT2D eigenvalue weighted by molar-refractivity contribution is -0.119. The molecule has 14 heteroatoms. The highest BCUT2D eigenvalue weighted by Crippen LogP contribution is 2.28. The number of hydrogen-bond donors (Lipinski definition) is 5. The Bertz CT molecular complexity index is 1190. The summed E-state index contributed by atoms with van der Waals surface area (Å²) in [5.74, 6) is -2.72. The first-order chi connectivity index (χ1) is 14.9. The molecule has 1 heterocycles. The van der Waals surface area contributed by atoms with Crippen molar-refractivity contribution >= 4 is 50.8 Å². The van der Waals surface area contributed by atoms with Crippen molar-refractivity contribution < 1.29 is 18.0 Å². The number of hydrogen-bond acceptors (Lipinski definition) is 6. The Hall–Kier alpha value is -2.96. The third kappa shape index (κ3) is 7.04. The van der Waals surface area contributed by atoms with E-state index >= 15 is 0 Å². The van der Waals surface area contributed by atoms with E-state index in [-0.39, 0.29) is 40.8 Å². The molecular formula is C18H22Cl2N6O5S. The summed E-state index contributed by atoms with van der Waals surface area (Å²) in [4.78, 5) is 32.1. The van der Waals surface area contributed by atoms with Crippen molar-refractivity contribution in [3.63, 3.8) is 0 Å². The van der Waals surface area contributed by atoms with Gasteiger partial charge in [0.25, 0.3) is 5.56 Å². The van der Waals surface area contributed by atoms with Gasteiger partial charge in [0, 0.05) is 15.7 Å². The van der Waals surface area contributed by atoms with Crippen LogP contribution < -0.4 is 27.5 Å². The summed E-state index contributed by atoms with van der Waals surface area (Å²) in [6.45, 7) is 1.45. The van der Waals surface area contributed by atoms with E-state index in [4.69, 9.17) is 45.2 Å². The van der Waals surface area contributed by atoms with E-state index in [1.165, 1.54) is 24.3 Å². The number of nitrogens with two attached hydrogens (primary N) is 3. The van der Waals surface area contributed by atoms with E-state index in [2.05, 4.69) is 14.9 Å². The van der Waals surface area contributed by atoms with Crippen LogP contribution in [0.15, 0.2) is 34.2 Å². The smallest absolute Gasteiger partial charge is 0.272 e. The number of benzene rings is 1. The second-order valence-electron chi connectivity index (χ2n) is 6.80. The van der Waals surface area contributed by atoms with Gasteiger partial charge in [0.2, 0.25) is 21.9 Å². The van der Waals surface area contributed by atoms with Crippen LogP contribution in [0.2, 0.25) is 10.0 Å². The Kier molecular flexibility index (Phi) is 8.36. The van der Waals surface area contributed by atoms with Crippen LogP contribution in [0.3, 0.4) is 0 Å². The predicted molar refractivity (Wildman–Crippen MR) is 123 cm³/mol. The summed E-state index contributed by atoms with van der Waals surface area (Å²) in [7, 11) is -4.11. The van der Waals surface area contributed by atoms with Crippen LogP contribution in [0, 0.1) is 6.92 Å². The maximum Gasteiger partial charge on any atom is 0.272 e. The number of carbonyl (C=O) groups excluding carboxylic acids is 1. The number of H-pyrrole nitrogens is 1. The van der Waals surface area contributed by atoms with E-state index in [9.17, 15) is 18.0 Å². The third-order valence-corrected chi connectivity index (χ3v) is 6.00. The van der Waals surface area contributed by atoms with Crippen molar-refractivity contribution in [2.24, 2.45) is 22.4 Å². The fourth-order valence-corrected chi connectivity index (χ4v) is 4.68. The number of aromatic amines is 1. The molecule has 2 aromatic rings. The molecule has 1 atom stereocenters. The highest BCUT2D eigenvalue weighted by Gasteiger charge is 2.26. The number of halogens is 2. The summed E-state index contributed by atoms with van der Waals surface area (Å²) in [5, 5.41) is 3.83. The van der Waals surface area contributed by atoms with Gasteiger partial charge in [-0.1, -0.05) is 29.3 Å². The average Bonchev–Trinajstić information content (AvgIpc) is 2.65. The first-order valence-electron chi connectivity index (χ1n) is 9.08. The zero-order valence-corrected chi connectivity index (χ0v) is 19.2. The van der Waals surface area contributed by atoms with E-state index in [1.54, 1.807) is 6.92 Å². The number of nitrogens with one attached hydrogen (secondary N) is 2. The molecule has 0 saturated carbocycles. The second kappa shape index (κ2) is 10.6. The Morgan fingerprint density at radius 2 is 1.94 bits per heavy atom. The van der Waals surface area contributed by atoms with Crippen molar-refractivity contribution in [1.82, 2.24) is 4.98 Å². The molecule has 0 fully saturated rings. The van der Waals surface area contributed by atoms with Gasteiger partial charge in [0.1, 0.15) is 12.3 Å². The fraction of sp³-hybridized carbons (Fsp3) is 0.278. The number of amides is 1. The molecule has 0 bridgehead atoms. The largest absolute Gasteiger partial charge is 0.393 e. The Labute approximate surface area is 193 Å². The van der Waals surface area contributed by atoms with Crippen molar-refractivity contribution in [3.8, 4) is 0 Å². The lowest BCUT2D eigenvalue weighted by atomic mass is 9.94. The highest BCUT2D eigenvalue weighted by molar-refractivity contribution is 7.91. The number of sulfonamides is 1. The number of primary amides is 1. The minimum Gasteiger partial charge on any atom is -0.393 e. The summed E-state index contributed by atoms with van der Waals surface area (Å²) < 4.78 is 27.8. The minimum absolute atomic E-state index is 0.0211. The molecule has 1 aromatic heterocycles. The standard InChI is InChI=1S/C18H22Cl2N6O5S/c1-9-6-13(12(16(21)27)4-5-31-25-18(22)23)15(17(28)24-9)26-32(29,30)8-10-2-3-11(19)7-14(10)20/h2-3,6-7,12,26H,4-5,8H2,1H3,(H2,21,27)(H,24,28)(H4,22,23,25). The van der Waals surface area contributed by atoms with E-state index in [1.807, 2.05) is 0 Å². The maximum atomic E-state index is 12.8. The minimum atomic E-state index is -4.11. The van der Waals surface area contributed by atoms with Gasteiger partial charge in [-0.2, -0.15) is 0 Å². The Morgan fingerprint density at radius 1 is 1.25 bits per heavy atom. The summed E-state index contributed by atoms with van der Waals surface area (Å²) in [6.07, 6.45) is -0.0211. The molecule has 8 N–H and O–H groups in total. The molecule has 0 aliphatic carbocycles. The number of oxime groups is 1. The first-order valence-corrected chi connectivity index (χ1v) is 11.5. The summed E-state index contributed by atoms with van der Waals surface area (Å²) in [6, 6.07) is 5.79. The van der Waals surface area contributed by atoms with Gasteiger partial charge < -0.3 is 27.0 Å². The third-order valence-electron chi connectivity index (χ3n) is 4.20. The quantitative estimate of drug-likeness (QED) is 0.138. The monoisotopic (exact) mass is 504 g/mol. The number of aromatic nitrogens is 1. The number of pyridine rings is 1. The second-order valence-corrected chi connectivity index (χ2v) is 9.37. The van der Waals surface area contributed by atoms with Gasteiger partial charge in [-0.15, -0.1) is 0 Å². The molecule has 0 saturated heterocycles. The molecule has 1 amide bonds. The van der Waals surface area contributed by atoms with Crippen LogP contribution in [0.1, 0.15) is 29.2 Å². The van der Waals surface area contributed by atoms with E-state index < -0.39 is 33.2 Å².